The van der Waals surface area contributed by atoms with Crippen molar-refractivity contribution in [2.24, 2.45) is 0 Å². The molecule has 1 saturated heterocycles. The molecule has 0 unspecified atom stereocenters. The zero-order valence-electron chi connectivity index (χ0n) is 20.2. The van der Waals surface area contributed by atoms with Crippen molar-refractivity contribution in [3.05, 3.63) is 71.7 Å². The first-order chi connectivity index (χ1) is 18.6. The molecule has 0 radical (unpaired) electrons. The van der Waals surface area contributed by atoms with Crippen LogP contribution < -0.4 is 16.4 Å². The van der Waals surface area contributed by atoms with Crippen LogP contribution in [0.25, 0.3) is 16.6 Å². The Balaban J connectivity index is 1.38. The molecule has 3 heterocycles. The Labute approximate surface area is 218 Å². The third-order valence-electron chi connectivity index (χ3n) is 6.16. The molecular formula is C25H22F5N7O2. The average Bonchev–Trinajstić information content (AvgIpc) is 3.24. The number of aromatic nitrogens is 3. The Hall–Kier alpha value is -4.30. The first-order valence-electron chi connectivity index (χ1n) is 11.8. The summed E-state index contributed by atoms with van der Waals surface area (Å²) >= 11 is 0. The largest absolute Gasteiger partial charge is 0.416 e. The minimum atomic E-state index is -4.81. The molecule has 39 heavy (non-hydrogen) atoms. The molecule has 5 rings (SSSR count). The number of fused-ring (bicyclic) bond motifs is 1. The van der Waals surface area contributed by atoms with Gasteiger partial charge in [-0.3, -0.25) is 4.90 Å². The van der Waals surface area contributed by atoms with Crippen molar-refractivity contribution in [1.29, 1.82) is 0 Å². The number of nitrogen functional groups attached to an aromatic ring is 1. The van der Waals surface area contributed by atoms with E-state index in [9.17, 15) is 22.4 Å². The van der Waals surface area contributed by atoms with Gasteiger partial charge in [-0.15, -0.1) is 0 Å². The van der Waals surface area contributed by atoms with Crippen molar-refractivity contribution < 1.29 is 31.5 Å². The van der Waals surface area contributed by atoms with Crippen LogP contribution in [-0.2, 0) is 17.5 Å². The van der Waals surface area contributed by atoms with Crippen LogP contribution in [-0.4, -0.2) is 51.8 Å². The maximum Gasteiger partial charge on any atom is 0.416 e. The normalized spacial score (nSPS) is 14.5. The highest BCUT2D eigenvalue weighted by atomic mass is 19.4. The van der Waals surface area contributed by atoms with Crippen LogP contribution >= 0.6 is 0 Å². The Morgan fingerprint density at radius 3 is 2.54 bits per heavy atom. The number of amides is 2. The van der Waals surface area contributed by atoms with Gasteiger partial charge in [0.2, 0.25) is 0 Å². The number of rotatable bonds is 5. The van der Waals surface area contributed by atoms with Gasteiger partial charge >= 0.3 is 12.2 Å². The standard InChI is InChI=1S/C25H22F5N7O2/c26-16-8-15(25(28,29)30)9-17(10-16)34-24(38)35-21-2-1-14(7-20(21)27)19-11-18(12-36-3-5-39-6-4-36)37-22(19)23(31)32-13-33-37/h1-2,7-11,13H,3-6,12H2,(H2,31,32,33)(H2,34,35,38). The van der Waals surface area contributed by atoms with Gasteiger partial charge in [-0.2, -0.15) is 18.3 Å². The number of nitrogens with one attached hydrogen (secondary N) is 2. The summed E-state index contributed by atoms with van der Waals surface area (Å²) in [5.41, 5.74) is 6.48. The molecule has 2 aromatic carbocycles. The molecule has 14 heteroatoms. The van der Waals surface area contributed by atoms with Gasteiger partial charge < -0.3 is 21.1 Å². The molecule has 0 aliphatic carbocycles. The lowest BCUT2D eigenvalue weighted by molar-refractivity contribution is -0.137. The predicted octanol–water partition coefficient (Wildman–Crippen LogP) is 4.75. The van der Waals surface area contributed by atoms with E-state index in [2.05, 4.69) is 25.6 Å². The van der Waals surface area contributed by atoms with Crippen molar-refractivity contribution in [2.45, 2.75) is 12.7 Å². The molecule has 1 aliphatic heterocycles. The van der Waals surface area contributed by atoms with Crippen molar-refractivity contribution in [2.75, 3.05) is 42.7 Å². The molecule has 2 amide bonds. The number of anilines is 3. The Morgan fingerprint density at radius 2 is 1.82 bits per heavy atom. The van der Waals surface area contributed by atoms with Crippen molar-refractivity contribution >= 4 is 28.7 Å². The third-order valence-corrected chi connectivity index (χ3v) is 6.16. The molecule has 9 nitrogen and oxygen atoms in total. The van der Waals surface area contributed by atoms with E-state index in [1.807, 2.05) is 6.07 Å². The lowest BCUT2D eigenvalue weighted by Gasteiger charge is -2.26. The maximum absolute atomic E-state index is 15.1. The number of nitrogens with two attached hydrogens (primary N) is 1. The van der Waals surface area contributed by atoms with Crippen LogP contribution in [0.5, 0.6) is 0 Å². The highest BCUT2D eigenvalue weighted by molar-refractivity contribution is 6.00. The zero-order valence-corrected chi connectivity index (χ0v) is 20.2. The zero-order chi connectivity index (χ0) is 27.7. The van der Waals surface area contributed by atoms with Crippen LogP contribution in [0.1, 0.15) is 11.3 Å². The summed E-state index contributed by atoms with van der Waals surface area (Å²) in [4.78, 5) is 18.6. The van der Waals surface area contributed by atoms with E-state index in [0.29, 0.717) is 54.6 Å². The van der Waals surface area contributed by atoms with Crippen LogP contribution in [0.4, 0.5) is 43.9 Å². The van der Waals surface area contributed by atoms with Crippen LogP contribution in [0.3, 0.4) is 0 Å². The van der Waals surface area contributed by atoms with Gasteiger partial charge in [0.25, 0.3) is 0 Å². The summed E-state index contributed by atoms with van der Waals surface area (Å²) in [6, 6.07) is 6.39. The molecular weight excluding hydrogens is 525 g/mol. The molecule has 4 aromatic rings. The van der Waals surface area contributed by atoms with Crippen molar-refractivity contribution in [3.63, 3.8) is 0 Å². The molecule has 0 bridgehead atoms. The average molecular weight is 547 g/mol. The Kier molecular flexibility index (Phi) is 7.06. The van der Waals surface area contributed by atoms with Gasteiger partial charge in [-0.1, -0.05) is 6.07 Å². The van der Waals surface area contributed by atoms with Crippen molar-refractivity contribution in [3.8, 4) is 11.1 Å². The fourth-order valence-corrected chi connectivity index (χ4v) is 4.35. The van der Waals surface area contributed by atoms with Gasteiger partial charge in [-0.05, 0) is 42.0 Å². The molecule has 0 atom stereocenters. The molecule has 204 valence electrons. The molecule has 1 aliphatic rings. The maximum atomic E-state index is 15.1. The summed E-state index contributed by atoms with van der Waals surface area (Å²) in [6.45, 7) is 3.27. The number of halogens is 5. The molecule has 0 saturated carbocycles. The Morgan fingerprint density at radius 1 is 1.05 bits per heavy atom. The van der Waals surface area contributed by atoms with E-state index in [0.717, 1.165) is 18.8 Å². The SMILES string of the molecule is Nc1ncnn2c(CN3CCOCC3)cc(-c3ccc(NC(=O)Nc4cc(F)cc(C(F)(F)F)c4)c(F)c3)c12. The Bertz CT molecular complexity index is 1530. The second kappa shape index (κ2) is 10.5. The van der Waals surface area contributed by atoms with E-state index in [1.54, 1.807) is 10.6 Å². The summed E-state index contributed by atoms with van der Waals surface area (Å²) < 4.78 is 74.5. The first-order valence-corrected chi connectivity index (χ1v) is 11.8. The van der Waals surface area contributed by atoms with Gasteiger partial charge in [0.1, 0.15) is 23.5 Å². The number of urea groups is 1. The number of alkyl halides is 3. The van der Waals surface area contributed by atoms with E-state index >= 15 is 4.39 Å². The first kappa shape index (κ1) is 26.3. The molecule has 4 N–H and O–H groups in total. The van der Waals surface area contributed by atoms with E-state index < -0.39 is 35.1 Å². The van der Waals surface area contributed by atoms with E-state index in [-0.39, 0.29) is 11.5 Å². The number of morpholine rings is 1. The van der Waals surface area contributed by atoms with Crippen LogP contribution in [0.2, 0.25) is 0 Å². The molecule has 1 fully saturated rings. The number of ether oxygens (including phenoxy) is 1. The monoisotopic (exact) mass is 547 g/mol. The fourth-order valence-electron chi connectivity index (χ4n) is 4.35. The number of hydrogen-bond acceptors (Lipinski definition) is 6. The summed E-state index contributed by atoms with van der Waals surface area (Å²) in [5.74, 6) is -1.81. The fraction of sp³-hybridized carbons (Fsp3) is 0.240. The minimum absolute atomic E-state index is 0.198. The number of nitrogens with zero attached hydrogens (tertiary/aromatic N) is 4. The quantitative estimate of drug-likeness (QED) is 0.311. The lowest BCUT2D eigenvalue weighted by Crippen LogP contribution is -2.36. The van der Waals surface area contributed by atoms with Crippen molar-refractivity contribution in [1.82, 2.24) is 19.5 Å². The summed E-state index contributed by atoms with van der Waals surface area (Å²) in [6.07, 6.45) is -3.48. The van der Waals surface area contributed by atoms with Gasteiger partial charge in [0.05, 0.1) is 30.2 Å². The third kappa shape index (κ3) is 5.76. The second-order valence-electron chi connectivity index (χ2n) is 8.84. The summed E-state index contributed by atoms with van der Waals surface area (Å²) in [5, 5.41) is 8.62. The van der Waals surface area contributed by atoms with E-state index in [4.69, 9.17) is 10.5 Å². The molecule has 0 spiro atoms. The number of carbonyl (C=O) groups is 1. The van der Waals surface area contributed by atoms with Crippen LogP contribution in [0.15, 0.2) is 48.8 Å². The lowest BCUT2D eigenvalue weighted by atomic mass is 10.1. The van der Waals surface area contributed by atoms with Gasteiger partial charge in [0, 0.05) is 30.9 Å². The van der Waals surface area contributed by atoms with Crippen LogP contribution in [0, 0.1) is 11.6 Å². The topological polar surface area (TPSA) is 110 Å². The molecule has 2 aromatic heterocycles. The number of benzene rings is 2. The van der Waals surface area contributed by atoms with Gasteiger partial charge in [0.15, 0.2) is 5.82 Å². The second-order valence-corrected chi connectivity index (χ2v) is 8.84. The predicted molar refractivity (Wildman–Crippen MR) is 133 cm³/mol. The number of hydrogen-bond donors (Lipinski definition) is 3. The minimum Gasteiger partial charge on any atom is -0.382 e. The van der Waals surface area contributed by atoms with E-state index in [1.165, 1.54) is 18.5 Å². The highest BCUT2D eigenvalue weighted by Gasteiger charge is 2.31. The van der Waals surface area contributed by atoms with Gasteiger partial charge in [-0.25, -0.2) is 23.1 Å². The highest BCUT2D eigenvalue weighted by Crippen LogP contribution is 2.34. The number of carbonyl (C=O) groups excluding carboxylic acids is 1. The summed E-state index contributed by atoms with van der Waals surface area (Å²) in [7, 11) is 0. The smallest absolute Gasteiger partial charge is 0.382 e.